The normalized spacial score (nSPS) is 10.8. The van der Waals surface area contributed by atoms with Crippen molar-refractivity contribution in [3.63, 3.8) is 0 Å². The summed E-state index contributed by atoms with van der Waals surface area (Å²) in [4.78, 5) is 1.25. The van der Waals surface area contributed by atoms with E-state index in [1.54, 1.807) is 18.9 Å². The van der Waals surface area contributed by atoms with Crippen molar-refractivity contribution >= 4 is 11.8 Å². The number of nitrogens with zero attached hydrogens (tertiary/aromatic N) is 1. The number of aryl methyl sites for hydroxylation is 2. The second-order valence-corrected chi connectivity index (χ2v) is 5.22. The van der Waals surface area contributed by atoms with Crippen LogP contribution in [0.2, 0.25) is 0 Å². The molecule has 0 radical (unpaired) electrons. The van der Waals surface area contributed by atoms with Gasteiger partial charge in [-0.15, -0.1) is 11.8 Å². The Morgan fingerprint density at radius 3 is 2.50 bits per heavy atom. The number of benzene rings is 1. The third-order valence-corrected chi connectivity index (χ3v) is 3.84. The van der Waals surface area contributed by atoms with Crippen LogP contribution in [0.1, 0.15) is 22.6 Å². The van der Waals surface area contributed by atoms with Crippen molar-refractivity contribution in [2.24, 2.45) is 0 Å². The molecule has 0 aliphatic rings. The van der Waals surface area contributed by atoms with Crippen LogP contribution in [0, 0.1) is 13.8 Å². The van der Waals surface area contributed by atoms with Gasteiger partial charge in [0.2, 0.25) is 0 Å². The molecule has 1 heterocycles. The highest BCUT2D eigenvalue weighted by Crippen LogP contribution is 2.26. The van der Waals surface area contributed by atoms with Crippen molar-refractivity contribution in [2.75, 3.05) is 7.11 Å². The minimum atomic E-state index is 0.662. The van der Waals surface area contributed by atoms with Gasteiger partial charge in [-0.05, 0) is 31.5 Å². The van der Waals surface area contributed by atoms with Gasteiger partial charge in [0.25, 0.3) is 0 Å². The van der Waals surface area contributed by atoms with Crippen LogP contribution in [0.3, 0.4) is 0 Å². The lowest BCUT2D eigenvalue weighted by Gasteiger charge is -2.03. The number of thioether (sulfide) groups is 1. The minimum absolute atomic E-state index is 0.662. The van der Waals surface area contributed by atoms with Crippen molar-refractivity contribution < 1.29 is 9.26 Å². The molecule has 0 amide bonds. The third-order valence-electron chi connectivity index (χ3n) is 2.80. The molecule has 18 heavy (non-hydrogen) atoms. The molecule has 2 aromatic rings. The van der Waals surface area contributed by atoms with Crippen LogP contribution in [0.25, 0.3) is 0 Å². The fourth-order valence-electron chi connectivity index (χ4n) is 1.71. The number of methoxy groups -OCH3 is 1. The van der Waals surface area contributed by atoms with E-state index in [0.717, 1.165) is 17.2 Å². The molecule has 0 N–H and O–H groups in total. The maximum atomic E-state index is 5.15. The molecule has 0 aliphatic heterocycles. The van der Waals surface area contributed by atoms with Gasteiger partial charge < -0.3 is 9.26 Å². The summed E-state index contributed by atoms with van der Waals surface area (Å²) < 4.78 is 10.2. The quantitative estimate of drug-likeness (QED) is 0.770. The van der Waals surface area contributed by atoms with Gasteiger partial charge in [-0.1, -0.05) is 17.3 Å². The fourth-order valence-corrected chi connectivity index (χ4v) is 2.76. The monoisotopic (exact) mass is 263 g/mol. The fraction of sp³-hybridized carbons (Fsp3) is 0.357. The first-order chi connectivity index (χ1) is 8.70. The van der Waals surface area contributed by atoms with Crippen molar-refractivity contribution in [1.82, 2.24) is 5.16 Å². The molecule has 0 saturated carbocycles. The number of ether oxygens (including phenoxy) is 1. The Balaban J connectivity index is 1.98. The third kappa shape index (κ3) is 3.15. The Hall–Kier alpha value is -1.26. The SMILES string of the molecule is COCc1ccc(SCc2c(C)noc2C)cc1. The molecule has 3 nitrogen and oxygen atoms in total. The van der Waals surface area contributed by atoms with Gasteiger partial charge in [0, 0.05) is 23.3 Å². The second kappa shape index (κ2) is 6.07. The molecule has 0 atom stereocenters. The van der Waals surface area contributed by atoms with E-state index in [-0.39, 0.29) is 0 Å². The van der Waals surface area contributed by atoms with Crippen LogP contribution in [0.15, 0.2) is 33.7 Å². The first kappa shape index (κ1) is 13.2. The summed E-state index contributed by atoms with van der Waals surface area (Å²) in [5, 5.41) is 3.96. The maximum absolute atomic E-state index is 5.15. The van der Waals surface area contributed by atoms with Gasteiger partial charge in [0.05, 0.1) is 12.3 Å². The van der Waals surface area contributed by atoms with Crippen molar-refractivity contribution in [1.29, 1.82) is 0 Å². The molecule has 0 aliphatic carbocycles. The van der Waals surface area contributed by atoms with Gasteiger partial charge in [0.1, 0.15) is 5.76 Å². The predicted octanol–water partition coefficient (Wildman–Crippen LogP) is 3.73. The van der Waals surface area contributed by atoms with Crippen LogP contribution in [-0.4, -0.2) is 12.3 Å². The minimum Gasteiger partial charge on any atom is -0.380 e. The number of hydrogen-bond donors (Lipinski definition) is 0. The number of aromatic nitrogens is 1. The van der Waals surface area contributed by atoms with E-state index in [2.05, 4.69) is 29.4 Å². The van der Waals surface area contributed by atoms with E-state index in [4.69, 9.17) is 9.26 Å². The number of hydrogen-bond acceptors (Lipinski definition) is 4. The average molecular weight is 263 g/mol. The van der Waals surface area contributed by atoms with Gasteiger partial charge in [-0.2, -0.15) is 0 Å². The molecule has 96 valence electrons. The van der Waals surface area contributed by atoms with Crippen LogP contribution in [-0.2, 0) is 17.1 Å². The molecule has 0 fully saturated rings. The predicted molar refractivity (Wildman–Crippen MR) is 72.7 cm³/mol. The highest BCUT2D eigenvalue weighted by molar-refractivity contribution is 7.98. The molecule has 1 aromatic carbocycles. The zero-order valence-electron chi connectivity index (χ0n) is 10.9. The van der Waals surface area contributed by atoms with Crippen LogP contribution < -0.4 is 0 Å². The zero-order valence-corrected chi connectivity index (χ0v) is 11.7. The van der Waals surface area contributed by atoms with E-state index in [0.29, 0.717) is 6.61 Å². The van der Waals surface area contributed by atoms with E-state index >= 15 is 0 Å². The van der Waals surface area contributed by atoms with E-state index < -0.39 is 0 Å². The van der Waals surface area contributed by atoms with Gasteiger partial charge >= 0.3 is 0 Å². The molecule has 2 rings (SSSR count). The van der Waals surface area contributed by atoms with Crippen molar-refractivity contribution in [3.05, 3.63) is 46.8 Å². The summed E-state index contributed by atoms with van der Waals surface area (Å²) in [7, 11) is 1.71. The van der Waals surface area contributed by atoms with Crippen LogP contribution in [0.4, 0.5) is 0 Å². The average Bonchev–Trinajstić information content (AvgIpc) is 2.69. The summed E-state index contributed by atoms with van der Waals surface area (Å²) in [6.45, 7) is 4.60. The topological polar surface area (TPSA) is 35.3 Å². The molecule has 0 spiro atoms. The second-order valence-electron chi connectivity index (χ2n) is 4.17. The smallest absolute Gasteiger partial charge is 0.137 e. The summed E-state index contributed by atoms with van der Waals surface area (Å²) in [5.74, 6) is 1.81. The van der Waals surface area contributed by atoms with E-state index in [1.807, 2.05) is 13.8 Å². The molecule has 4 heteroatoms. The summed E-state index contributed by atoms with van der Waals surface area (Å²) in [5.41, 5.74) is 3.37. The molecule has 0 bridgehead atoms. The molecule has 0 saturated heterocycles. The van der Waals surface area contributed by atoms with Crippen molar-refractivity contribution in [3.8, 4) is 0 Å². The largest absolute Gasteiger partial charge is 0.380 e. The molecular formula is C14H17NO2S. The summed E-state index contributed by atoms with van der Waals surface area (Å²) in [6, 6.07) is 8.44. The lowest BCUT2D eigenvalue weighted by atomic mass is 10.2. The van der Waals surface area contributed by atoms with Gasteiger partial charge in [-0.3, -0.25) is 0 Å². The number of rotatable bonds is 5. The van der Waals surface area contributed by atoms with Gasteiger partial charge in [-0.25, -0.2) is 0 Å². The highest BCUT2D eigenvalue weighted by atomic mass is 32.2. The lowest BCUT2D eigenvalue weighted by Crippen LogP contribution is -1.87. The molecule has 1 aromatic heterocycles. The van der Waals surface area contributed by atoms with E-state index in [9.17, 15) is 0 Å². The Morgan fingerprint density at radius 1 is 1.22 bits per heavy atom. The first-order valence-corrected chi connectivity index (χ1v) is 6.81. The highest BCUT2D eigenvalue weighted by Gasteiger charge is 2.08. The summed E-state index contributed by atoms with van der Waals surface area (Å²) in [6.07, 6.45) is 0. The van der Waals surface area contributed by atoms with Crippen LogP contribution in [0.5, 0.6) is 0 Å². The Kier molecular flexibility index (Phi) is 4.44. The standard InChI is InChI=1S/C14H17NO2S/c1-10-14(11(2)17-15-10)9-18-13-6-4-12(5-7-13)8-16-3/h4-7H,8-9H2,1-3H3. The van der Waals surface area contributed by atoms with Crippen molar-refractivity contribution in [2.45, 2.75) is 31.1 Å². The first-order valence-electron chi connectivity index (χ1n) is 5.83. The molecule has 0 unspecified atom stereocenters. The van der Waals surface area contributed by atoms with E-state index in [1.165, 1.54) is 16.0 Å². The summed E-state index contributed by atoms with van der Waals surface area (Å²) >= 11 is 1.79. The zero-order chi connectivity index (χ0) is 13.0. The Morgan fingerprint density at radius 2 is 1.94 bits per heavy atom. The van der Waals surface area contributed by atoms with Crippen LogP contribution >= 0.6 is 11.8 Å². The Bertz CT molecular complexity index is 486. The maximum Gasteiger partial charge on any atom is 0.137 e. The molecular weight excluding hydrogens is 246 g/mol. The Labute approximate surface area is 112 Å². The van der Waals surface area contributed by atoms with Gasteiger partial charge in [0.15, 0.2) is 0 Å². The lowest BCUT2D eigenvalue weighted by molar-refractivity contribution is 0.185.